The number of rotatable bonds is 4. The predicted octanol–water partition coefficient (Wildman–Crippen LogP) is 3.27. The number of aliphatic hydroxyl groups excluding tert-OH is 1. The molecule has 0 aliphatic rings. The Morgan fingerprint density at radius 2 is 1.74 bits per heavy atom. The van der Waals surface area contributed by atoms with Crippen LogP contribution in [-0.2, 0) is 19.3 Å². The molecule has 0 unspecified atom stereocenters. The minimum absolute atomic E-state index is 0.00737. The van der Waals surface area contributed by atoms with Gasteiger partial charge in [0.1, 0.15) is 5.82 Å². The molecular weight excluding hydrogens is 314 g/mol. The van der Waals surface area contributed by atoms with Crippen LogP contribution in [0.25, 0.3) is 0 Å². The van der Waals surface area contributed by atoms with Crippen molar-refractivity contribution in [1.29, 1.82) is 0 Å². The van der Waals surface area contributed by atoms with Crippen LogP contribution in [0.1, 0.15) is 27.0 Å². The van der Waals surface area contributed by atoms with Crippen LogP contribution < -0.4 is 5.32 Å². The van der Waals surface area contributed by atoms with Crippen molar-refractivity contribution in [3.8, 4) is 0 Å². The van der Waals surface area contributed by atoms with Crippen LogP contribution in [0.4, 0.5) is 17.6 Å². The predicted molar refractivity (Wildman–Crippen MR) is 74.9 cm³/mol. The van der Waals surface area contributed by atoms with Crippen molar-refractivity contribution in [3.05, 3.63) is 70.5 Å². The molecule has 7 heteroatoms. The minimum Gasteiger partial charge on any atom is -0.392 e. The van der Waals surface area contributed by atoms with Crippen molar-refractivity contribution in [2.75, 3.05) is 0 Å². The molecule has 122 valence electrons. The summed E-state index contributed by atoms with van der Waals surface area (Å²) in [6.07, 6.45) is -4.74. The third-order valence-corrected chi connectivity index (χ3v) is 3.22. The zero-order chi connectivity index (χ0) is 17.0. The van der Waals surface area contributed by atoms with Gasteiger partial charge in [-0.05, 0) is 29.3 Å². The summed E-state index contributed by atoms with van der Waals surface area (Å²) in [4.78, 5) is 11.9. The molecule has 2 rings (SSSR count). The maximum Gasteiger partial charge on any atom is 0.416 e. The topological polar surface area (TPSA) is 49.3 Å². The molecule has 0 atom stereocenters. The van der Waals surface area contributed by atoms with Crippen LogP contribution in [0.3, 0.4) is 0 Å². The second-order valence-electron chi connectivity index (χ2n) is 4.84. The third kappa shape index (κ3) is 4.29. The van der Waals surface area contributed by atoms with E-state index in [0.29, 0.717) is 23.3 Å². The lowest BCUT2D eigenvalue weighted by molar-refractivity contribution is -0.137. The molecule has 0 aliphatic carbocycles. The Hall–Kier alpha value is -2.41. The average Bonchev–Trinajstić information content (AvgIpc) is 2.51. The normalized spacial score (nSPS) is 11.3. The minimum atomic E-state index is -4.74. The van der Waals surface area contributed by atoms with Crippen LogP contribution in [-0.4, -0.2) is 11.0 Å². The molecule has 0 saturated carbocycles. The molecule has 0 radical (unpaired) electrons. The molecule has 0 heterocycles. The number of amides is 1. The molecule has 2 aromatic rings. The lowest BCUT2D eigenvalue weighted by atomic mass is 10.1. The molecule has 0 saturated heterocycles. The smallest absolute Gasteiger partial charge is 0.392 e. The van der Waals surface area contributed by atoms with Gasteiger partial charge in [0.05, 0.1) is 12.2 Å². The molecule has 0 spiro atoms. The van der Waals surface area contributed by atoms with Crippen LogP contribution in [0, 0.1) is 5.82 Å². The van der Waals surface area contributed by atoms with Gasteiger partial charge < -0.3 is 10.4 Å². The van der Waals surface area contributed by atoms with Crippen LogP contribution in [0.5, 0.6) is 0 Å². The highest BCUT2D eigenvalue weighted by Crippen LogP contribution is 2.30. The SMILES string of the molecule is O=C(NCc1ccccc1CO)c1cc(F)cc(C(F)(F)F)c1. The van der Waals surface area contributed by atoms with Gasteiger partial charge in [-0.3, -0.25) is 4.79 Å². The fourth-order valence-corrected chi connectivity index (χ4v) is 2.05. The number of halogens is 4. The third-order valence-electron chi connectivity index (χ3n) is 3.22. The zero-order valence-electron chi connectivity index (χ0n) is 11.8. The summed E-state index contributed by atoms with van der Waals surface area (Å²) in [5, 5.41) is 11.6. The summed E-state index contributed by atoms with van der Waals surface area (Å²) in [6.45, 7) is -0.225. The number of nitrogens with one attached hydrogen (secondary N) is 1. The first-order valence-corrected chi connectivity index (χ1v) is 6.65. The monoisotopic (exact) mass is 327 g/mol. The van der Waals surface area contributed by atoms with E-state index in [2.05, 4.69) is 5.32 Å². The Bertz CT molecular complexity index is 713. The maximum atomic E-state index is 13.3. The van der Waals surface area contributed by atoms with Gasteiger partial charge in [-0.2, -0.15) is 13.2 Å². The van der Waals surface area contributed by atoms with E-state index in [1.165, 1.54) is 0 Å². The van der Waals surface area contributed by atoms with Crippen LogP contribution in [0.2, 0.25) is 0 Å². The molecule has 2 aromatic carbocycles. The Labute approximate surface area is 129 Å². The number of carbonyl (C=O) groups excluding carboxylic acids is 1. The van der Waals surface area contributed by atoms with E-state index < -0.39 is 29.0 Å². The van der Waals surface area contributed by atoms with Crippen LogP contribution >= 0.6 is 0 Å². The first-order chi connectivity index (χ1) is 10.8. The van der Waals surface area contributed by atoms with Crippen molar-refractivity contribution < 1.29 is 27.5 Å². The summed E-state index contributed by atoms with van der Waals surface area (Å²) < 4.78 is 51.2. The van der Waals surface area contributed by atoms with E-state index in [1.54, 1.807) is 24.3 Å². The molecule has 0 aromatic heterocycles. The summed E-state index contributed by atoms with van der Waals surface area (Å²) in [7, 11) is 0. The van der Waals surface area contributed by atoms with Gasteiger partial charge in [-0.1, -0.05) is 24.3 Å². The van der Waals surface area contributed by atoms with Gasteiger partial charge in [0.2, 0.25) is 0 Å². The molecule has 23 heavy (non-hydrogen) atoms. The second kappa shape index (κ2) is 6.78. The number of hydrogen-bond acceptors (Lipinski definition) is 2. The Morgan fingerprint density at radius 3 is 2.35 bits per heavy atom. The van der Waals surface area contributed by atoms with E-state index in [-0.39, 0.29) is 13.2 Å². The summed E-state index contributed by atoms with van der Waals surface area (Å²) in [5.74, 6) is -1.97. The molecule has 0 aliphatic heterocycles. The van der Waals surface area contributed by atoms with Crippen molar-refractivity contribution in [1.82, 2.24) is 5.32 Å². The lowest BCUT2D eigenvalue weighted by Gasteiger charge is -2.11. The maximum absolute atomic E-state index is 13.3. The number of aliphatic hydroxyl groups is 1. The van der Waals surface area contributed by atoms with Crippen molar-refractivity contribution in [3.63, 3.8) is 0 Å². The number of hydrogen-bond donors (Lipinski definition) is 2. The highest BCUT2D eigenvalue weighted by molar-refractivity contribution is 5.94. The number of carbonyl (C=O) groups is 1. The van der Waals surface area contributed by atoms with E-state index in [4.69, 9.17) is 0 Å². The first kappa shape index (κ1) is 17.0. The van der Waals surface area contributed by atoms with Crippen molar-refractivity contribution >= 4 is 5.91 Å². The van der Waals surface area contributed by atoms with Gasteiger partial charge in [-0.25, -0.2) is 4.39 Å². The van der Waals surface area contributed by atoms with E-state index in [1.807, 2.05) is 0 Å². The highest BCUT2D eigenvalue weighted by Gasteiger charge is 2.31. The Kier molecular flexibility index (Phi) is 5.00. The summed E-state index contributed by atoms with van der Waals surface area (Å²) in [6, 6.07) is 8.39. The van der Waals surface area contributed by atoms with E-state index in [0.717, 1.165) is 6.07 Å². The summed E-state index contributed by atoms with van der Waals surface area (Å²) >= 11 is 0. The van der Waals surface area contributed by atoms with Gasteiger partial charge in [-0.15, -0.1) is 0 Å². The molecular formula is C16H13F4NO2. The molecule has 3 nitrogen and oxygen atoms in total. The highest BCUT2D eigenvalue weighted by atomic mass is 19.4. The van der Waals surface area contributed by atoms with Crippen LogP contribution in [0.15, 0.2) is 42.5 Å². The molecule has 0 bridgehead atoms. The van der Waals surface area contributed by atoms with Crippen molar-refractivity contribution in [2.24, 2.45) is 0 Å². The lowest BCUT2D eigenvalue weighted by Crippen LogP contribution is -2.24. The van der Waals surface area contributed by atoms with Gasteiger partial charge >= 0.3 is 6.18 Å². The Morgan fingerprint density at radius 1 is 1.09 bits per heavy atom. The first-order valence-electron chi connectivity index (χ1n) is 6.65. The Balaban J connectivity index is 2.17. The van der Waals surface area contributed by atoms with E-state index in [9.17, 15) is 27.5 Å². The molecule has 1 amide bonds. The number of benzene rings is 2. The van der Waals surface area contributed by atoms with Crippen molar-refractivity contribution in [2.45, 2.75) is 19.3 Å². The standard InChI is InChI=1S/C16H13F4NO2/c17-14-6-12(5-13(7-14)16(18,19)20)15(23)21-8-10-3-1-2-4-11(10)9-22/h1-7,22H,8-9H2,(H,21,23). The number of alkyl halides is 3. The summed E-state index contributed by atoms with van der Waals surface area (Å²) in [5.41, 5.74) is -0.434. The molecule has 2 N–H and O–H groups in total. The fourth-order valence-electron chi connectivity index (χ4n) is 2.05. The largest absolute Gasteiger partial charge is 0.416 e. The average molecular weight is 327 g/mol. The van der Waals surface area contributed by atoms with Gasteiger partial charge in [0.25, 0.3) is 5.91 Å². The molecule has 0 fully saturated rings. The van der Waals surface area contributed by atoms with Gasteiger partial charge in [0, 0.05) is 12.1 Å². The van der Waals surface area contributed by atoms with E-state index >= 15 is 0 Å². The second-order valence-corrected chi connectivity index (χ2v) is 4.84. The zero-order valence-corrected chi connectivity index (χ0v) is 11.8. The quantitative estimate of drug-likeness (QED) is 0.847. The van der Waals surface area contributed by atoms with Gasteiger partial charge in [0.15, 0.2) is 0 Å². The fraction of sp³-hybridized carbons (Fsp3) is 0.188.